The number of hydrogen-bond acceptors (Lipinski definition) is 0. The largest absolute Gasteiger partial charge is 0.0851 e. The van der Waals surface area contributed by atoms with Crippen LogP contribution < -0.4 is 0 Å². The maximum Gasteiger partial charge on any atom is -0.0196 e. The summed E-state index contributed by atoms with van der Waals surface area (Å²) in [6, 6.07) is 0. The van der Waals surface area contributed by atoms with Crippen molar-refractivity contribution >= 4 is 0 Å². The van der Waals surface area contributed by atoms with E-state index in [1.54, 1.807) is 19.3 Å². The van der Waals surface area contributed by atoms with Crippen molar-refractivity contribution in [3.8, 4) is 0 Å². The van der Waals surface area contributed by atoms with Crippen molar-refractivity contribution in [3.05, 3.63) is 12.2 Å². The molecule has 0 aromatic heterocycles. The van der Waals surface area contributed by atoms with Crippen LogP contribution in [0.2, 0.25) is 0 Å². The molecule has 0 aromatic rings. The van der Waals surface area contributed by atoms with Gasteiger partial charge < -0.3 is 0 Å². The monoisotopic (exact) mass is 186 g/mol. The molecule has 6 unspecified atom stereocenters. The van der Waals surface area contributed by atoms with Gasteiger partial charge in [0.2, 0.25) is 0 Å². The number of fused-ring (bicyclic) bond motifs is 2. The highest BCUT2D eigenvalue weighted by Gasteiger charge is 2.70. The maximum atomic E-state index is 2.56. The van der Waals surface area contributed by atoms with Crippen LogP contribution in [0.25, 0.3) is 0 Å². The molecule has 0 aromatic carbocycles. The Hall–Kier alpha value is -0.260. The molecular formula is C14H18. The van der Waals surface area contributed by atoms with Crippen LogP contribution in [0.15, 0.2) is 12.2 Å². The van der Waals surface area contributed by atoms with Crippen molar-refractivity contribution in [2.24, 2.45) is 47.3 Å². The van der Waals surface area contributed by atoms with Gasteiger partial charge in [-0.25, -0.2) is 0 Å². The summed E-state index contributed by atoms with van der Waals surface area (Å²) in [4.78, 5) is 0. The Morgan fingerprint density at radius 2 is 1.57 bits per heavy atom. The van der Waals surface area contributed by atoms with Crippen molar-refractivity contribution in [2.45, 2.75) is 25.7 Å². The lowest BCUT2D eigenvalue weighted by molar-refractivity contribution is 0.233. The molecule has 0 N–H and O–H groups in total. The van der Waals surface area contributed by atoms with Crippen molar-refractivity contribution < 1.29 is 0 Å². The predicted molar refractivity (Wildman–Crippen MR) is 55.5 cm³/mol. The third kappa shape index (κ3) is 0.620. The standard InChI is InChI=1S/C14H18/c1-2-8-3-7(1)4-10(8)13-9-5-11-12(6-9)14(11)13/h1-2,7-14H,3-6H2. The van der Waals surface area contributed by atoms with Crippen LogP contribution in [0.5, 0.6) is 0 Å². The first-order valence-electron chi connectivity index (χ1n) is 6.60. The van der Waals surface area contributed by atoms with Crippen molar-refractivity contribution in [1.29, 1.82) is 0 Å². The van der Waals surface area contributed by atoms with E-state index in [1.165, 1.54) is 36.0 Å². The number of allylic oxidation sites excluding steroid dienone is 2. The lowest BCUT2D eigenvalue weighted by Crippen LogP contribution is -2.22. The SMILES string of the molecule is C1=CC2CC1CC2C1C2CC3C(C2)C31. The van der Waals surface area contributed by atoms with Gasteiger partial charge >= 0.3 is 0 Å². The Bertz CT molecular complexity index is 315. The molecule has 0 radical (unpaired) electrons. The summed E-state index contributed by atoms with van der Waals surface area (Å²) in [5.41, 5.74) is 0. The van der Waals surface area contributed by atoms with Gasteiger partial charge in [-0.15, -0.1) is 0 Å². The van der Waals surface area contributed by atoms with E-state index in [9.17, 15) is 0 Å². The van der Waals surface area contributed by atoms with E-state index >= 15 is 0 Å². The predicted octanol–water partition coefficient (Wildman–Crippen LogP) is 3.10. The first kappa shape index (κ1) is 7.09. The summed E-state index contributed by atoms with van der Waals surface area (Å²) in [5.74, 6) is 9.24. The van der Waals surface area contributed by atoms with Gasteiger partial charge in [0.25, 0.3) is 0 Å². The molecule has 6 aliphatic rings. The third-order valence-electron chi connectivity index (χ3n) is 6.36. The van der Waals surface area contributed by atoms with Crippen molar-refractivity contribution in [3.63, 3.8) is 0 Å². The van der Waals surface area contributed by atoms with Gasteiger partial charge in [-0.3, -0.25) is 0 Å². The van der Waals surface area contributed by atoms with Crippen LogP contribution in [0.3, 0.4) is 0 Å². The van der Waals surface area contributed by atoms with Crippen LogP contribution >= 0.6 is 0 Å². The minimum absolute atomic E-state index is 1.000. The molecule has 0 heterocycles. The molecule has 0 nitrogen and oxygen atoms in total. The lowest BCUT2D eigenvalue weighted by atomic mass is 9.77. The van der Waals surface area contributed by atoms with Gasteiger partial charge in [0, 0.05) is 0 Å². The highest BCUT2D eigenvalue weighted by molar-refractivity contribution is 5.21. The highest BCUT2D eigenvalue weighted by Crippen LogP contribution is 2.76. The van der Waals surface area contributed by atoms with E-state index in [2.05, 4.69) is 12.2 Å². The summed E-state index contributed by atoms with van der Waals surface area (Å²) in [6.07, 6.45) is 11.4. The third-order valence-corrected chi connectivity index (χ3v) is 6.36. The van der Waals surface area contributed by atoms with E-state index in [4.69, 9.17) is 0 Å². The fourth-order valence-electron chi connectivity index (χ4n) is 6.03. The smallest absolute Gasteiger partial charge is 0.0196 e. The average molecular weight is 186 g/mol. The second-order valence-corrected chi connectivity index (χ2v) is 6.66. The van der Waals surface area contributed by atoms with Gasteiger partial charge in [0.1, 0.15) is 0 Å². The van der Waals surface area contributed by atoms with E-state index in [-0.39, 0.29) is 0 Å². The molecule has 6 atom stereocenters. The quantitative estimate of drug-likeness (QED) is 0.552. The van der Waals surface area contributed by atoms with Gasteiger partial charge in [-0.2, -0.15) is 0 Å². The average Bonchev–Trinajstić information content (AvgIpc) is 2.82. The summed E-state index contributed by atoms with van der Waals surface area (Å²) >= 11 is 0. The van der Waals surface area contributed by atoms with Crippen molar-refractivity contribution in [2.75, 3.05) is 0 Å². The fourth-order valence-corrected chi connectivity index (χ4v) is 6.03. The minimum Gasteiger partial charge on any atom is -0.0851 e. The zero-order chi connectivity index (χ0) is 8.86. The van der Waals surface area contributed by atoms with E-state index in [0.29, 0.717) is 0 Å². The Labute approximate surface area is 85.8 Å². The van der Waals surface area contributed by atoms with Crippen LogP contribution in [0, 0.1) is 47.3 Å². The summed E-state index contributed by atoms with van der Waals surface area (Å²) in [5, 5.41) is 0. The number of hydrogen-bond donors (Lipinski definition) is 0. The zero-order valence-corrected chi connectivity index (χ0v) is 8.60. The Balaban J connectivity index is 1.51. The van der Waals surface area contributed by atoms with E-state index in [1.807, 2.05) is 0 Å². The molecule has 0 heteroatoms. The Kier molecular flexibility index (Phi) is 1.00. The molecule has 14 heavy (non-hydrogen) atoms. The van der Waals surface area contributed by atoms with Gasteiger partial charge in [0.15, 0.2) is 0 Å². The molecule has 6 aliphatic carbocycles. The number of rotatable bonds is 1. The molecule has 0 aliphatic heterocycles. The fraction of sp³-hybridized carbons (Fsp3) is 0.857. The molecule has 74 valence electrons. The van der Waals surface area contributed by atoms with Gasteiger partial charge in [-0.05, 0) is 73.0 Å². The minimum atomic E-state index is 1.000. The molecule has 5 fully saturated rings. The zero-order valence-electron chi connectivity index (χ0n) is 8.60. The molecule has 0 spiro atoms. The second-order valence-electron chi connectivity index (χ2n) is 6.66. The highest BCUT2D eigenvalue weighted by atomic mass is 14.7. The topological polar surface area (TPSA) is 0 Å². The van der Waals surface area contributed by atoms with E-state index < -0.39 is 0 Å². The molecule has 0 saturated heterocycles. The van der Waals surface area contributed by atoms with Crippen LogP contribution in [-0.2, 0) is 0 Å². The lowest BCUT2D eigenvalue weighted by Gasteiger charge is -2.28. The van der Waals surface area contributed by atoms with Crippen molar-refractivity contribution in [1.82, 2.24) is 0 Å². The normalized spacial score (nSPS) is 70.9. The maximum absolute atomic E-state index is 2.56. The molecule has 0 amide bonds. The molecule has 6 rings (SSSR count). The second kappa shape index (κ2) is 1.99. The van der Waals surface area contributed by atoms with Crippen LogP contribution in [0.1, 0.15) is 25.7 Å². The first-order valence-corrected chi connectivity index (χ1v) is 6.60. The first-order chi connectivity index (χ1) is 6.92. The summed E-state index contributed by atoms with van der Waals surface area (Å²) < 4.78 is 0. The summed E-state index contributed by atoms with van der Waals surface area (Å²) in [6.45, 7) is 0. The molecule has 5 saturated carbocycles. The van der Waals surface area contributed by atoms with Crippen LogP contribution in [-0.4, -0.2) is 0 Å². The van der Waals surface area contributed by atoms with Crippen LogP contribution in [0.4, 0.5) is 0 Å². The molecule has 6 bridgehead atoms. The Morgan fingerprint density at radius 3 is 2.07 bits per heavy atom. The van der Waals surface area contributed by atoms with Gasteiger partial charge in [-0.1, -0.05) is 12.2 Å². The molecular weight excluding hydrogens is 168 g/mol. The Morgan fingerprint density at radius 1 is 0.714 bits per heavy atom. The van der Waals surface area contributed by atoms with E-state index in [0.717, 1.165) is 17.8 Å². The van der Waals surface area contributed by atoms with Gasteiger partial charge in [0.05, 0.1) is 0 Å². The summed E-state index contributed by atoms with van der Waals surface area (Å²) in [7, 11) is 0.